The van der Waals surface area contributed by atoms with Crippen LogP contribution in [0.4, 0.5) is 0 Å². The zero-order chi connectivity index (χ0) is 10.7. The molecule has 0 saturated carbocycles. The average Bonchev–Trinajstić information content (AvgIpc) is 2.14. The summed E-state index contributed by atoms with van der Waals surface area (Å²) in [5.74, 6) is 0.846. The topological polar surface area (TPSA) is 42.9 Å². The van der Waals surface area contributed by atoms with Crippen LogP contribution in [0.5, 0.6) is 0 Å². The summed E-state index contributed by atoms with van der Waals surface area (Å²) < 4.78 is 0. The molecule has 0 aromatic carbocycles. The first-order valence-corrected chi connectivity index (χ1v) is 4.89. The van der Waals surface area contributed by atoms with Gasteiger partial charge in [0.25, 0.3) is 0 Å². The largest absolute Gasteiger partial charge is 0.299 e. The van der Waals surface area contributed by atoms with Gasteiger partial charge < -0.3 is 0 Å². The van der Waals surface area contributed by atoms with Crippen molar-refractivity contribution in [3.05, 3.63) is 23.3 Å². The van der Waals surface area contributed by atoms with Gasteiger partial charge in [-0.2, -0.15) is 0 Å². The Morgan fingerprint density at radius 2 is 2.07 bits per heavy atom. The van der Waals surface area contributed by atoms with Gasteiger partial charge in [0.15, 0.2) is 0 Å². The Balaban J connectivity index is 3.00. The zero-order valence-electron chi connectivity index (χ0n) is 9.16. The summed E-state index contributed by atoms with van der Waals surface area (Å²) >= 11 is 0. The van der Waals surface area contributed by atoms with Gasteiger partial charge in [-0.25, -0.2) is 9.97 Å². The molecule has 0 aliphatic carbocycles. The number of Topliss-reactive ketones (excluding diaryl/α,β-unsaturated/α-hetero) is 1. The number of hydrogen-bond acceptors (Lipinski definition) is 3. The van der Waals surface area contributed by atoms with Crippen LogP contribution in [-0.4, -0.2) is 15.8 Å². The van der Waals surface area contributed by atoms with Gasteiger partial charge in [0.05, 0.1) is 11.6 Å². The Bertz CT molecular complexity index is 327. The van der Waals surface area contributed by atoms with Crippen molar-refractivity contribution in [2.45, 2.75) is 40.0 Å². The Morgan fingerprint density at radius 1 is 1.43 bits per heavy atom. The maximum Gasteiger partial charge on any atom is 0.141 e. The van der Waals surface area contributed by atoms with Crippen LogP contribution in [0, 0.1) is 13.8 Å². The van der Waals surface area contributed by atoms with E-state index in [-0.39, 0.29) is 11.7 Å². The van der Waals surface area contributed by atoms with Crippen molar-refractivity contribution in [3.8, 4) is 0 Å². The minimum Gasteiger partial charge on any atom is -0.299 e. The van der Waals surface area contributed by atoms with Crippen molar-refractivity contribution < 1.29 is 4.79 Å². The molecule has 0 radical (unpaired) electrons. The van der Waals surface area contributed by atoms with E-state index in [2.05, 4.69) is 9.97 Å². The van der Waals surface area contributed by atoms with Crippen LogP contribution in [0.1, 0.15) is 43.4 Å². The van der Waals surface area contributed by atoms with E-state index < -0.39 is 0 Å². The highest BCUT2D eigenvalue weighted by atomic mass is 16.1. The SMILES string of the molecule is CCC(=O)C(C)c1cc(C)nc(C)n1. The molecule has 1 heterocycles. The second-order valence-electron chi connectivity index (χ2n) is 3.52. The highest BCUT2D eigenvalue weighted by molar-refractivity contribution is 5.84. The summed E-state index contributed by atoms with van der Waals surface area (Å²) in [7, 11) is 0. The summed E-state index contributed by atoms with van der Waals surface area (Å²) in [6, 6.07) is 1.88. The monoisotopic (exact) mass is 192 g/mol. The third-order valence-corrected chi connectivity index (χ3v) is 2.26. The van der Waals surface area contributed by atoms with Gasteiger partial charge in [0, 0.05) is 12.1 Å². The maximum absolute atomic E-state index is 11.5. The fraction of sp³-hybridized carbons (Fsp3) is 0.545. The third-order valence-electron chi connectivity index (χ3n) is 2.26. The van der Waals surface area contributed by atoms with Crippen LogP contribution in [0.25, 0.3) is 0 Å². The summed E-state index contributed by atoms with van der Waals surface area (Å²) in [6.45, 7) is 7.54. The molecule has 3 nitrogen and oxygen atoms in total. The van der Waals surface area contributed by atoms with Gasteiger partial charge in [0.2, 0.25) is 0 Å². The molecular formula is C11H16N2O. The van der Waals surface area contributed by atoms with Crippen LogP contribution in [0.15, 0.2) is 6.07 Å². The van der Waals surface area contributed by atoms with Gasteiger partial charge in [0.1, 0.15) is 11.6 Å². The van der Waals surface area contributed by atoms with E-state index in [1.165, 1.54) is 0 Å². The molecule has 3 heteroatoms. The van der Waals surface area contributed by atoms with E-state index in [4.69, 9.17) is 0 Å². The first-order valence-electron chi connectivity index (χ1n) is 4.89. The van der Waals surface area contributed by atoms with Gasteiger partial charge >= 0.3 is 0 Å². The lowest BCUT2D eigenvalue weighted by molar-refractivity contribution is -0.119. The number of aryl methyl sites for hydroxylation is 2. The second kappa shape index (κ2) is 4.31. The standard InChI is InChI=1S/C11H16N2O/c1-5-11(14)8(3)10-6-7(2)12-9(4)13-10/h6,8H,5H2,1-4H3. The van der Waals surface area contributed by atoms with Gasteiger partial charge in [-0.15, -0.1) is 0 Å². The van der Waals surface area contributed by atoms with E-state index in [0.717, 1.165) is 17.2 Å². The van der Waals surface area contributed by atoms with Crippen molar-refractivity contribution >= 4 is 5.78 Å². The predicted molar refractivity (Wildman–Crippen MR) is 55.2 cm³/mol. The number of carbonyl (C=O) groups is 1. The number of carbonyl (C=O) groups excluding carboxylic acids is 1. The molecule has 14 heavy (non-hydrogen) atoms. The molecule has 0 amide bonds. The van der Waals surface area contributed by atoms with Crippen molar-refractivity contribution in [2.75, 3.05) is 0 Å². The van der Waals surface area contributed by atoms with Gasteiger partial charge in [-0.05, 0) is 26.8 Å². The molecule has 0 saturated heterocycles. The van der Waals surface area contributed by atoms with Gasteiger partial charge in [-0.3, -0.25) is 4.79 Å². The molecular weight excluding hydrogens is 176 g/mol. The molecule has 1 rings (SSSR count). The van der Waals surface area contributed by atoms with Crippen LogP contribution in [-0.2, 0) is 4.79 Å². The minimum atomic E-state index is -0.111. The Labute approximate surface area is 84.6 Å². The molecule has 1 atom stereocenters. The molecule has 76 valence electrons. The highest BCUT2D eigenvalue weighted by Gasteiger charge is 2.15. The van der Waals surface area contributed by atoms with E-state index in [0.29, 0.717) is 6.42 Å². The van der Waals surface area contributed by atoms with E-state index in [1.54, 1.807) is 0 Å². The van der Waals surface area contributed by atoms with Crippen LogP contribution < -0.4 is 0 Å². The number of aromatic nitrogens is 2. The molecule has 0 aliphatic heterocycles. The van der Waals surface area contributed by atoms with Crippen molar-refractivity contribution in [1.29, 1.82) is 0 Å². The minimum absolute atomic E-state index is 0.111. The zero-order valence-corrected chi connectivity index (χ0v) is 9.16. The molecule has 1 aromatic heterocycles. The summed E-state index contributed by atoms with van der Waals surface area (Å²) in [5.41, 5.74) is 1.75. The normalized spacial score (nSPS) is 12.6. The first kappa shape index (κ1) is 10.8. The summed E-state index contributed by atoms with van der Waals surface area (Å²) in [4.78, 5) is 19.9. The van der Waals surface area contributed by atoms with Crippen LogP contribution >= 0.6 is 0 Å². The van der Waals surface area contributed by atoms with E-state index >= 15 is 0 Å². The van der Waals surface area contributed by atoms with Gasteiger partial charge in [-0.1, -0.05) is 6.92 Å². The molecule has 0 bridgehead atoms. The maximum atomic E-state index is 11.5. The molecule has 0 aliphatic rings. The molecule has 0 fully saturated rings. The summed E-state index contributed by atoms with van der Waals surface area (Å²) in [5, 5.41) is 0. The van der Waals surface area contributed by atoms with Crippen molar-refractivity contribution in [1.82, 2.24) is 9.97 Å². The van der Waals surface area contributed by atoms with E-state index in [1.807, 2.05) is 33.8 Å². The molecule has 0 N–H and O–H groups in total. The second-order valence-corrected chi connectivity index (χ2v) is 3.52. The lowest BCUT2D eigenvalue weighted by atomic mass is 10.00. The molecule has 1 aromatic rings. The quantitative estimate of drug-likeness (QED) is 0.737. The lowest BCUT2D eigenvalue weighted by Gasteiger charge is -2.09. The Kier molecular flexibility index (Phi) is 3.33. The number of hydrogen-bond donors (Lipinski definition) is 0. The number of ketones is 1. The Morgan fingerprint density at radius 3 is 2.57 bits per heavy atom. The average molecular weight is 192 g/mol. The molecule has 1 unspecified atom stereocenters. The lowest BCUT2D eigenvalue weighted by Crippen LogP contribution is -2.10. The predicted octanol–water partition coefficient (Wildman–Crippen LogP) is 2.18. The van der Waals surface area contributed by atoms with Crippen LogP contribution in [0.3, 0.4) is 0 Å². The first-order chi connectivity index (χ1) is 6.54. The number of nitrogens with zero attached hydrogens (tertiary/aromatic N) is 2. The Hall–Kier alpha value is -1.25. The van der Waals surface area contributed by atoms with E-state index in [9.17, 15) is 4.79 Å². The van der Waals surface area contributed by atoms with Crippen molar-refractivity contribution in [3.63, 3.8) is 0 Å². The highest BCUT2D eigenvalue weighted by Crippen LogP contribution is 2.15. The third kappa shape index (κ3) is 2.37. The fourth-order valence-corrected chi connectivity index (χ4v) is 1.44. The molecule has 0 spiro atoms. The van der Waals surface area contributed by atoms with Crippen molar-refractivity contribution in [2.24, 2.45) is 0 Å². The smallest absolute Gasteiger partial charge is 0.141 e. The summed E-state index contributed by atoms with van der Waals surface area (Å²) in [6.07, 6.45) is 0.559. The number of rotatable bonds is 3. The van der Waals surface area contributed by atoms with Crippen LogP contribution in [0.2, 0.25) is 0 Å². The fourth-order valence-electron chi connectivity index (χ4n) is 1.44.